The third kappa shape index (κ3) is 5.67. The zero-order chi connectivity index (χ0) is 14.1. The average molecular weight is 265 g/mol. The molecule has 0 radical (unpaired) electrons. The maximum atomic E-state index is 10.8. The van der Waals surface area contributed by atoms with Crippen LogP contribution in [0.4, 0.5) is 0 Å². The summed E-state index contributed by atoms with van der Waals surface area (Å²) < 4.78 is 13.5. The lowest BCUT2D eigenvalue weighted by Crippen LogP contribution is -2.34. The third-order valence-electron chi connectivity index (χ3n) is 2.27. The molecule has 0 spiro atoms. The van der Waals surface area contributed by atoms with Crippen LogP contribution in [0, 0.1) is 0 Å². The fourth-order valence-corrected chi connectivity index (χ4v) is 1.32. The molecule has 0 saturated heterocycles. The Kier molecular flexibility index (Phi) is 6.08. The van der Waals surface area contributed by atoms with E-state index in [-0.39, 0.29) is 13.2 Å². The second-order valence-electron chi connectivity index (χ2n) is 3.63. The second kappa shape index (κ2) is 7.86. The maximum Gasteiger partial charge on any atom is 0.330 e. The van der Waals surface area contributed by atoms with Gasteiger partial charge in [-0.25, -0.2) is 18.7 Å². The molecular weight excluding hydrogens is 248 g/mol. The Labute approximate surface area is 111 Å². The first kappa shape index (κ1) is 14.7. The number of rotatable bonds is 8. The molecule has 0 aliphatic rings. The van der Waals surface area contributed by atoms with Crippen molar-refractivity contribution in [3.63, 3.8) is 0 Å². The van der Waals surface area contributed by atoms with Crippen LogP contribution in [0.5, 0.6) is 0 Å². The van der Waals surface area contributed by atoms with Gasteiger partial charge in [-0.15, -0.1) is 0 Å². The van der Waals surface area contributed by atoms with E-state index in [0.29, 0.717) is 13.1 Å². The van der Waals surface area contributed by atoms with Crippen molar-refractivity contribution in [1.82, 2.24) is 4.57 Å². The Hall–Kier alpha value is -2.37. The van der Waals surface area contributed by atoms with Crippen molar-refractivity contribution in [2.24, 2.45) is 0 Å². The molecule has 0 amide bonds. The summed E-state index contributed by atoms with van der Waals surface area (Å²) in [5.41, 5.74) is 0. The molecular formula is C13H17N2O4+. The zero-order valence-corrected chi connectivity index (χ0v) is 10.7. The fourth-order valence-electron chi connectivity index (χ4n) is 1.32. The average Bonchev–Trinajstić information content (AvgIpc) is 2.86. The summed E-state index contributed by atoms with van der Waals surface area (Å²) in [4.78, 5) is 21.7. The SMILES string of the molecule is C=CC(=O)OCCn1cc[n+](CCOC(=O)C=C)c1. The zero-order valence-electron chi connectivity index (χ0n) is 10.7. The summed E-state index contributed by atoms with van der Waals surface area (Å²) in [7, 11) is 0. The molecule has 0 atom stereocenters. The van der Waals surface area contributed by atoms with Crippen LogP contribution in [-0.4, -0.2) is 29.7 Å². The smallest absolute Gasteiger partial charge is 0.330 e. The van der Waals surface area contributed by atoms with Crippen LogP contribution in [0.3, 0.4) is 0 Å². The number of hydrogen-bond donors (Lipinski definition) is 0. The quantitative estimate of drug-likeness (QED) is 0.383. The van der Waals surface area contributed by atoms with Crippen LogP contribution in [-0.2, 0) is 32.2 Å². The van der Waals surface area contributed by atoms with Crippen LogP contribution in [0.1, 0.15) is 0 Å². The van der Waals surface area contributed by atoms with Gasteiger partial charge in [0, 0.05) is 12.2 Å². The Bertz CT molecular complexity index is 424. The monoisotopic (exact) mass is 265 g/mol. The molecule has 0 bridgehead atoms. The number of aromatic nitrogens is 2. The Balaban J connectivity index is 2.28. The topological polar surface area (TPSA) is 61.4 Å². The van der Waals surface area contributed by atoms with E-state index in [2.05, 4.69) is 13.2 Å². The minimum Gasteiger partial charge on any atom is -0.458 e. The number of hydrogen-bond acceptors (Lipinski definition) is 4. The summed E-state index contributed by atoms with van der Waals surface area (Å²) in [6.45, 7) is 8.30. The van der Waals surface area contributed by atoms with Gasteiger partial charge in [0.05, 0.1) is 0 Å². The van der Waals surface area contributed by atoms with Crippen LogP contribution in [0.2, 0.25) is 0 Å². The molecule has 1 rings (SSSR count). The summed E-state index contributed by atoms with van der Waals surface area (Å²) in [6.07, 6.45) is 7.78. The lowest BCUT2D eigenvalue weighted by Gasteiger charge is -1.99. The highest BCUT2D eigenvalue weighted by atomic mass is 16.5. The lowest BCUT2D eigenvalue weighted by atomic mass is 10.6. The van der Waals surface area contributed by atoms with E-state index in [1.54, 1.807) is 0 Å². The molecule has 6 heteroatoms. The Morgan fingerprint density at radius 3 is 2.42 bits per heavy atom. The van der Waals surface area contributed by atoms with E-state index in [0.717, 1.165) is 12.2 Å². The van der Waals surface area contributed by atoms with Gasteiger partial charge in [0.15, 0.2) is 0 Å². The molecule has 0 aliphatic carbocycles. The minimum atomic E-state index is -0.434. The molecule has 1 aromatic heterocycles. The van der Waals surface area contributed by atoms with Gasteiger partial charge < -0.3 is 9.47 Å². The maximum absolute atomic E-state index is 10.8. The molecule has 19 heavy (non-hydrogen) atoms. The predicted molar refractivity (Wildman–Crippen MR) is 66.9 cm³/mol. The number of carbonyl (C=O) groups is 2. The first-order valence-electron chi connectivity index (χ1n) is 5.79. The number of imidazole rings is 1. The second-order valence-corrected chi connectivity index (χ2v) is 3.63. The van der Waals surface area contributed by atoms with Gasteiger partial charge in [0.1, 0.15) is 38.7 Å². The largest absolute Gasteiger partial charge is 0.458 e. The molecule has 0 aliphatic heterocycles. The van der Waals surface area contributed by atoms with Crippen LogP contribution in [0.25, 0.3) is 0 Å². The number of carbonyl (C=O) groups excluding carboxylic acids is 2. The Morgan fingerprint density at radius 1 is 1.16 bits per heavy atom. The first-order valence-corrected chi connectivity index (χ1v) is 5.79. The van der Waals surface area contributed by atoms with E-state index < -0.39 is 11.9 Å². The molecule has 6 nitrogen and oxygen atoms in total. The van der Waals surface area contributed by atoms with Crippen molar-refractivity contribution >= 4 is 11.9 Å². The van der Waals surface area contributed by atoms with E-state index in [1.165, 1.54) is 0 Å². The predicted octanol–water partition coefficient (Wildman–Crippen LogP) is 0.234. The fraction of sp³-hybridized carbons (Fsp3) is 0.308. The highest BCUT2D eigenvalue weighted by molar-refractivity contribution is 5.81. The third-order valence-corrected chi connectivity index (χ3v) is 2.27. The molecule has 102 valence electrons. The number of nitrogens with zero attached hydrogens (tertiary/aromatic N) is 2. The van der Waals surface area contributed by atoms with Crippen LogP contribution < -0.4 is 4.57 Å². The van der Waals surface area contributed by atoms with E-state index in [9.17, 15) is 9.59 Å². The minimum absolute atomic E-state index is 0.283. The summed E-state index contributed by atoms with van der Waals surface area (Å²) >= 11 is 0. The molecule has 0 aromatic carbocycles. The summed E-state index contributed by atoms with van der Waals surface area (Å²) in [5, 5.41) is 0. The molecule has 1 aromatic rings. The van der Waals surface area contributed by atoms with Gasteiger partial charge in [0.25, 0.3) is 0 Å². The van der Waals surface area contributed by atoms with Gasteiger partial charge in [-0.3, -0.25) is 0 Å². The molecule has 0 unspecified atom stereocenters. The van der Waals surface area contributed by atoms with Crippen molar-refractivity contribution in [1.29, 1.82) is 0 Å². The van der Waals surface area contributed by atoms with Gasteiger partial charge in [-0.05, 0) is 0 Å². The molecule has 0 N–H and O–H groups in total. The van der Waals surface area contributed by atoms with Crippen LogP contribution >= 0.6 is 0 Å². The highest BCUT2D eigenvalue weighted by Crippen LogP contribution is 1.88. The highest BCUT2D eigenvalue weighted by Gasteiger charge is 2.05. The van der Waals surface area contributed by atoms with E-state index >= 15 is 0 Å². The molecule has 1 heterocycles. The molecule has 0 saturated carbocycles. The van der Waals surface area contributed by atoms with Gasteiger partial charge in [-0.1, -0.05) is 13.2 Å². The normalized spacial score (nSPS) is 9.68. The Morgan fingerprint density at radius 2 is 1.79 bits per heavy atom. The van der Waals surface area contributed by atoms with E-state index in [4.69, 9.17) is 9.47 Å². The number of ether oxygens (including phenoxy) is 2. The standard InChI is InChI=1S/C13H17N2O4/c1-3-12(16)18-9-7-14-5-6-15(11-14)8-10-19-13(17)4-2/h3-6,11H,1-2,7-10H2/q+1. The first-order chi connectivity index (χ1) is 9.15. The van der Waals surface area contributed by atoms with Crippen LogP contribution in [0.15, 0.2) is 44.0 Å². The van der Waals surface area contributed by atoms with Crippen molar-refractivity contribution in [2.75, 3.05) is 13.2 Å². The van der Waals surface area contributed by atoms with Crippen molar-refractivity contribution in [3.8, 4) is 0 Å². The summed E-state index contributed by atoms with van der Waals surface area (Å²) in [5.74, 6) is -0.868. The lowest BCUT2D eigenvalue weighted by molar-refractivity contribution is -0.697. The van der Waals surface area contributed by atoms with Crippen molar-refractivity contribution in [2.45, 2.75) is 13.1 Å². The number of esters is 2. The van der Waals surface area contributed by atoms with Crippen molar-refractivity contribution in [3.05, 3.63) is 44.0 Å². The van der Waals surface area contributed by atoms with E-state index in [1.807, 2.05) is 27.9 Å². The van der Waals surface area contributed by atoms with Crippen molar-refractivity contribution < 1.29 is 23.6 Å². The van der Waals surface area contributed by atoms with Gasteiger partial charge in [-0.2, -0.15) is 0 Å². The molecule has 0 fully saturated rings. The van der Waals surface area contributed by atoms with Gasteiger partial charge >= 0.3 is 11.9 Å². The summed E-state index contributed by atoms with van der Waals surface area (Å²) in [6, 6.07) is 0. The van der Waals surface area contributed by atoms with Gasteiger partial charge in [0.2, 0.25) is 6.33 Å².